The molecule has 0 unspecified atom stereocenters. The molecule has 0 fully saturated rings. The first kappa shape index (κ1) is 25.9. The standard InChI is InChI=1S/C26H24N2O8/c1-4-34-26(33)22-21(15(2)29)16(3)36-24(22)28-20(30)14-35-25(32)18-12-8-9-13-19(18)27-23(31)17-10-6-5-7-11-17/h5-13H,4,14H2,1-3H3,(H,27,31)(H,28,30). The summed E-state index contributed by atoms with van der Waals surface area (Å²) in [6.45, 7) is 3.64. The van der Waals surface area contributed by atoms with Crippen molar-refractivity contribution in [3.05, 3.63) is 82.6 Å². The van der Waals surface area contributed by atoms with Crippen molar-refractivity contribution >= 4 is 41.1 Å². The summed E-state index contributed by atoms with van der Waals surface area (Å²) < 4.78 is 15.5. The van der Waals surface area contributed by atoms with Gasteiger partial charge in [0, 0.05) is 5.56 Å². The monoisotopic (exact) mass is 492 g/mol. The van der Waals surface area contributed by atoms with Gasteiger partial charge in [-0.05, 0) is 45.0 Å². The Morgan fingerprint density at radius 1 is 0.833 bits per heavy atom. The SMILES string of the molecule is CCOC(=O)c1c(NC(=O)COC(=O)c2ccccc2NC(=O)c2ccccc2)oc(C)c1C(C)=O. The molecule has 0 atom stereocenters. The van der Waals surface area contributed by atoms with Crippen LogP contribution in [-0.4, -0.2) is 42.7 Å². The van der Waals surface area contributed by atoms with E-state index in [9.17, 15) is 24.0 Å². The number of hydrogen-bond acceptors (Lipinski definition) is 8. The number of Topliss-reactive ketones (excluding diaryl/α,β-unsaturated/α-hetero) is 1. The average Bonchev–Trinajstić information content (AvgIpc) is 3.19. The predicted octanol–water partition coefficient (Wildman–Crippen LogP) is 4.02. The Kier molecular flexibility index (Phi) is 8.35. The fourth-order valence-corrected chi connectivity index (χ4v) is 3.38. The van der Waals surface area contributed by atoms with Gasteiger partial charge in [0.15, 0.2) is 12.4 Å². The Balaban J connectivity index is 1.70. The molecule has 0 bridgehead atoms. The van der Waals surface area contributed by atoms with E-state index in [0.717, 1.165) is 0 Å². The largest absolute Gasteiger partial charge is 0.462 e. The topological polar surface area (TPSA) is 141 Å². The number of hydrogen-bond donors (Lipinski definition) is 2. The number of carbonyl (C=O) groups is 5. The van der Waals surface area contributed by atoms with Crippen LogP contribution in [0.2, 0.25) is 0 Å². The van der Waals surface area contributed by atoms with Gasteiger partial charge in [-0.3, -0.25) is 19.7 Å². The van der Waals surface area contributed by atoms with Crippen LogP contribution in [-0.2, 0) is 14.3 Å². The van der Waals surface area contributed by atoms with Gasteiger partial charge in [0.05, 0.1) is 23.4 Å². The molecule has 186 valence electrons. The molecule has 0 saturated heterocycles. The van der Waals surface area contributed by atoms with Crippen LogP contribution in [0.15, 0.2) is 59.0 Å². The molecule has 36 heavy (non-hydrogen) atoms. The third kappa shape index (κ3) is 6.03. The van der Waals surface area contributed by atoms with Gasteiger partial charge in [0.2, 0.25) is 5.88 Å². The molecular weight excluding hydrogens is 468 g/mol. The molecule has 0 aliphatic heterocycles. The predicted molar refractivity (Wildman–Crippen MR) is 129 cm³/mol. The highest BCUT2D eigenvalue weighted by atomic mass is 16.5. The van der Waals surface area contributed by atoms with Crippen molar-refractivity contribution in [3.8, 4) is 0 Å². The van der Waals surface area contributed by atoms with Gasteiger partial charge in [-0.2, -0.15) is 0 Å². The summed E-state index contributed by atoms with van der Waals surface area (Å²) in [7, 11) is 0. The van der Waals surface area contributed by atoms with Crippen molar-refractivity contribution in [2.45, 2.75) is 20.8 Å². The Morgan fingerprint density at radius 3 is 2.17 bits per heavy atom. The summed E-state index contributed by atoms with van der Waals surface area (Å²) in [5.41, 5.74) is 0.416. The van der Waals surface area contributed by atoms with Crippen molar-refractivity contribution in [1.29, 1.82) is 0 Å². The first-order valence-corrected chi connectivity index (χ1v) is 11.0. The summed E-state index contributed by atoms with van der Waals surface area (Å²) in [4.78, 5) is 61.9. The summed E-state index contributed by atoms with van der Waals surface area (Å²) in [5.74, 6) is -3.54. The maximum atomic E-state index is 12.7. The third-order valence-electron chi connectivity index (χ3n) is 4.93. The number of ketones is 1. The van der Waals surface area contributed by atoms with E-state index < -0.39 is 36.1 Å². The average molecular weight is 492 g/mol. The van der Waals surface area contributed by atoms with E-state index in [1.54, 1.807) is 49.4 Å². The molecule has 0 saturated carbocycles. The Morgan fingerprint density at radius 2 is 1.50 bits per heavy atom. The summed E-state index contributed by atoms with van der Waals surface area (Å²) in [5, 5.41) is 4.98. The van der Waals surface area contributed by atoms with Gasteiger partial charge in [0.25, 0.3) is 11.8 Å². The van der Waals surface area contributed by atoms with E-state index in [-0.39, 0.29) is 40.6 Å². The molecule has 0 radical (unpaired) electrons. The van der Waals surface area contributed by atoms with Crippen LogP contribution < -0.4 is 10.6 Å². The van der Waals surface area contributed by atoms with Crippen LogP contribution >= 0.6 is 0 Å². The second kappa shape index (κ2) is 11.6. The number of anilines is 2. The Hall–Kier alpha value is -4.73. The Bertz CT molecular complexity index is 1310. The van der Waals surface area contributed by atoms with Crippen molar-refractivity contribution < 1.29 is 37.9 Å². The molecule has 3 rings (SSSR count). The molecule has 0 aliphatic carbocycles. The molecule has 10 heteroatoms. The van der Waals surface area contributed by atoms with E-state index >= 15 is 0 Å². The van der Waals surface area contributed by atoms with E-state index in [4.69, 9.17) is 13.9 Å². The highest BCUT2D eigenvalue weighted by Crippen LogP contribution is 2.28. The van der Waals surface area contributed by atoms with Crippen molar-refractivity contribution in [2.75, 3.05) is 23.8 Å². The molecular formula is C26H24N2O8. The number of furan rings is 1. The number of ether oxygens (including phenoxy) is 2. The zero-order chi connectivity index (χ0) is 26.2. The molecule has 0 aliphatic rings. The number of rotatable bonds is 9. The quantitative estimate of drug-likeness (QED) is 0.337. The number of para-hydroxylation sites is 1. The Labute approximate surface area is 206 Å². The minimum atomic E-state index is -0.861. The van der Waals surface area contributed by atoms with Gasteiger partial charge < -0.3 is 19.2 Å². The second-order valence-electron chi connectivity index (χ2n) is 7.50. The first-order chi connectivity index (χ1) is 17.2. The molecule has 0 spiro atoms. The van der Waals surface area contributed by atoms with E-state index in [1.165, 1.54) is 26.0 Å². The maximum Gasteiger partial charge on any atom is 0.344 e. The second-order valence-corrected chi connectivity index (χ2v) is 7.50. The number of esters is 2. The lowest BCUT2D eigenvalue weighted by molar-refractivity contribution is -0.119. The van der Waals surface area contributed by atoms with Gasteiger partial charge in [-0.25, -0.2) is 9.59 Å². The van der Waals surface area contributed by atoms with Crippen LogP contribution in [0.3, 0.4) is 0 Å². The zero-order valence-electron chi connectivity index (χ0n) is 19.9. The molecule has 1 aromatic heterocycles. The molecule has 2 N–H and O–H groups in total. The van der Waals surface area contributed by atoms with Crippen LogP contribution in [0.1, 0.15) is 61.0 Å². The van der Waals surface area contributed by atoms with E-state index in [1.807, 2.05) is 0 Å². The number of aryl methyl sites for hydroxylation is 1. The van der Waals surface area contributed by atoms with E-state index in [0.29, 0.717) is 5.56 Å². The van der Waals surface area contributed by atoms with Gasteiger partial charge in [-0.1, -0.05) is 30.3 Å². The van der Waals surface area contributed by atoms with Gasteiger partial charge in [-0.15, -0.1) is 0 Å². The minimum Gasteiger partial charge on any atom is -0.462 e. The van der Waals surface area contributed by atoms with Crippen LogP contribution in [0.4, 0.5) is 11.6 Å². The van der Waals surface area contributed by atoms with E-state index in [2.05, 4.69) is 10.6 Å². The fourth-order valence-electron chi connectivity index (χ4n) is 3.38. The molecule has 10 nitrogen and oxygen atoms in total. The fraction of sp³-hybridized carbons (Fsp3) is 0.192. The number of nitrogens with one attached hydrogen (secondary N) is 2. The summed E-state index contributed by atoms with van der Waals surface area (Å²) in [6.07, 6.45) is 0. The van der Waals surface area contributed by atoms with Crippen LogP contribution in [0.25, 0.3) is 0 Å². The van der Waals surface area contributed by atoms with Crippen LogP contribution in [0.5, 0.6) is 0 Å². The van der Waals surface area contributed by atoms with Gasteiger partial charge >= 0.3 is 11.9 Å². The molecule has 2 amide bonds. The minimum absolute atomic E-state index is 0.0103. The molecule has 1 heterocycles. The lowest BCUT2D eigenvalue weighted by Gasteiger charge is -2.11. The molecule has 3 aromatic rings. The molecule has 2 aromatic carbocycles. The van der Waals surface area contributed by atoms with Crippen LogP contribution in [0, 0.1) is 6.92 Å². The lowest BCUT2D eigenvalue weighted by atomic mass is 10.1. The summed E-state index contributed by atoms with van der Waals surface area (Å²) >= 11 is 0. The smallest absolute Gasteiger partial charge is 0.344 e. The normalized spacial score (nSPS) is 10.3. The highest BCUT2D eigenvalue weighted by Gasteiger charge is 2.29. The summed E-state index contributed by atoms with van der Waals surface area (Å²) in [6, 6.07) is 14.6. The zero-order valence-corrected chi connectivity index (χ0v) is 19.9. The van der Waals surface area contributed by atoms with Crippen molar-refractivity contribution in [2.24, 2.45) is 0 Å². The lowest BCUT2D eigenvalue weighted by Crippen LogP contribution is -2.23. The maximum absolute atomic E-state index is 12.7. The third-order valence-corrected chi connectivity index (χ3v) is 4.93. The number of carbonyl (C=O) groups excluding carboxylic acids is 5. The number of amides is 2. The highest BCUT2D eigenvalue weighted by molar-refractivity contribution is 6.11. The number of benzene rings is 2. The van der Waals surface area contributed by atoms with Crippen molar-refractivity contribution in [1.82, 2.24) is 0 Å². The van der Waals surface area contributed by atoms with Crippen molar-refractivity contribution in [3.63, 3.8) is 0 Å². The van der Waals surface area contributed by atoms with Gasteiger partial charge in [0.1, 0.15) is 11.3 Å². The first-order valence-electron chi connectivity index (χ1n) is 11.0.